The minimum atomic E-state index is -0.684. The van der Waals surface area contributed by atoms with Gasteiger partial charge >= 0.3 is 5.97 Å². The van der Waals surface area contributed by atoms with Crippen molar-refractivity contribution < 1.29 is 14.6 Å². The number of carboxylic acid groups (broad SMARTS) is 1. The molecule has 2 rings (SSSR count). The molecule has 0 spiro atoms. The summed E-state index contributed by atoms with van der Waals surface area (Å²) >= 11 is 0. The van der Waals surface area contributed by atoms with Crippen molar-refractivity contribution in [2.24, 2.45) is 17.8 Å². The van der Waals surface area contributed by atoms with E-state index >= 15 is 0 Å². The van der Waals surface area contributed by atoms with Gasteiger partial charge in [0.1, 0.15) is 0 Å². The van der Waals surface area contributed by atoms with Gasteiger partial charge in [-0.15, -0.1) is 0 Å². The molecule has 0 unspecified atom stereocenters. The number of hydrogen-bond acceptors (Lipinski definition) is 2. The van der Waals surface area contributed by atoms with E-state index in [1.54, 1.807) is 0 Å². The summed E-state index contributed by atoms with van der Waals surface area (Å²) in [6.45, 7) is 2.54. The monoisotopic (exact) mass is 210 g/mol. The van der Waals surface area contributed by atoms with Crippen LogP contribution in [0.25, 0.3) is 0 Å². The Bertz CT molecular complexity index is 272. The molecule has 4 atom stereocenters. The molecular formula is C12H18O3. The lowest BCUT2D eigenvalue weighted by molar-refractivity contribution is -0.148. The molecule has 1 N–H and O–H groups in total. The normalized spacial score (nSPS) is 39.0. The summed E-state index contributed by atoms with van der Waals surface area (Å²) in [5.74, 6) is -0.159. The van der Waals surface area contributed by atoms with Crippen molar-refractivity contribution in [2.75, 3.05) is 6.61 Å². The Morgan fingerprint density at radius 2 is 2.20 bits per heavy atom. The van der Waals surface area contributed by atoms with Gasteiger partial charge in [0.15, 0.2) is 0 Å². The van der Waals surface area contributed by atoms with E-state index in [4.69, 9.17) is 4.74 Å². The van der Waals surface area contributed by atoms with Crippen LogP contribution < -0.4 is 0 Å². The number of aliphatic carboxylic acids is 1. The Morgan fingerprint density at radius 1 is 1.47 bits per heavy atom. The molecule has 2 aliphatic carbocycles. The summed E-state index contributed by atoms with van der Waals surface area (Å²) in [6, 6.07) is 0. The molecule has 0 aromatic rings. The lowest BCUT2D eigenvalue weighted by Gasteiger charge is -2.24. The van der Waals surface area contributed by atoms with E-state index < -0.39 is 5.97 Å². The van der Waals surface area contributed by atoms with E-state index in [0.29, 0.717) is 18.4 Å². The second kappa shape index (κ2) is 4.35. The number of fused-ring (bicyclic) bond motifs is 1. The Labute approximate surface area is 90.1 Å². The summed E-state index contributed by atoms with van der Waals surface area (Å²) in [5.41, 5.74) is 0. The van der Waals surface area contributed by atoms with Crippen molar-refractivity contribution in [3.05, 3.63) is 12.2 Å². The number of hydrogen-bond donors (Lipinski definition) is 1. The molecule has 1 fully saturated rings. The largest absolute Gasteiger partial charge is 0.481 e. The Balaban J connectivity index is 2.13. The zero-order chi connectivity index (χ0) is 10.8. The summed E-state index contributed by atoms with van der Waals surface area (Å²) in [5, 5.41) is 9.25. The predicted octanol–water partition coefficient (Wildman–Crippen LogP) is 2.08. The van der Waals surface area contributed by atoms with E-state index in [9.17, 15) is 9.90 Å². The third-order valence-electron chi connectivity index (χ3n) is 3.68. The van der Waals surface area contributed by atoms with Gasteiger partial charge in [-0.3, -0.25) is 4.79 Å². The molecule has 0 aromatic carbocycles. The molecule has 0 bridgehead atoms. The number of ether oxygens (including phenoxy) is 1. The van der Waals surface area contributed by atoms with Crippen molar-refractivity contribution in [3.8, 4) is 0 Å². The standard InChI is InChI=1S/C12H18O3/c1-2-15-10-7-8-5-3-4-6-9(8)11(10)12(13)14/h3-4,8-11H,2,5-7H2,1H3,(H,13,14)/t8-,9-,10-,11+/m1/s1. The summed E-state index contributed by atoms with van der Waals surface area (Å²) in [4.78, 5) is 11.2. The van der Waals surface area contributed by atoms with Crippen LogP contribution in [0, 0.1) is 17.8 Å². The lowest BCUT2D eigenvalue weighted by Crippen LogP contribution is -2.30. The second-order valence-electron chi connectivity index (χ2n) is 4.46. The van der Waals surface area contributed by atoms with Crippen LogP contribution in [0.15, 0.2) is 12.2 Å². The van der Waals surface area contributed by atoms with Crippen molar-refractivity contribution in [2.45, 2.75) is 32.3 Å². The van der Waals surface area contributed by atoms with E-state index in [1.165, 1.54) is 0 Å². The molecule has 0 amide bonds. The molecule has 0 heterocycles. The van der Waals surface area contributed by atoms with E-state index in [2.05, 4.69) is 12.2 Å². The molecule has 0 aliphatic heterocycles. The number of allylic oxidation sites excluding steroid dienone is 2. The van der Waals surface area contributed by atoms with Crippen molar-refractivity contribution in [3.63, 3.8) is 0 Å². The van der Waals surface area contributed by atoms with Gasteiger partial charge in [-0.25, -0.2) is 0 Å². The van der Waals surface area contributed by atoms with Crippen molar-refractivity contribution in [1.29, 1.82) is 0 Å². The highest BCUT2D eigenvalue weighted by molar-refractivity contribution is 5.71. The molecule has 84 valence electrons. The number of carboxylic acids is 1. The van der Waals surface area contributed by atoms with Crippen LogP contribution >= 0.6 is 0 Å². The SMILES string of the molecule is CCO[C@@H]1C[C@H]2CC=CC[C@H]2[C@@H]1C(=O)O. The van der Waals surface area contributed by atoms with Gasteiger partial charge in [-0.2, -0.15) is 0 Å². The fourth-order valence-electron chi connectivity index (χ4n) is 3.05. The summed E-state index contributed by atoms with van der Waals surface area (Å²) in [6.07, 6.45) is 7.07. The molecule has 15 heavy (non-hydrogen) atoms. The maximum absolute atomic E-state index is 11.2. The summed E-state index contributed by atoms with van der Waals surface area (Å²) < 4.78 is 5.56. The van der Waals surface area contributed by atoms with Gasteiger partial charge in [0.25, 0.3) is 0 Å². The molecule has 0 aromatic heterocycles. The van der Waals surface area contributed by atoms with Crippen LogP contribution in [0.5, 0.6) is 0 Å². The quantitative estimate of drug-likeness (QED) is 0.725. The van der Waals surface area contributed by atoms with Crippen LogP contribution in [0.1, 0.15) is 26.2 Å². The average Bonchev–Trinajstić information content (AvgIpc) is 2.56. The average molecular weight is 210 g/mol. The van der Waals surface area contributed by atoms with Gasteiger partial charge in [-0.1, -0.05) is 12.2 Å². The first-order valence-electron chi connectivity index (χ1n) is 5.73. The highest BCUT2D eigenvalue weighted by Crippen LogP contribution is 2.45. The van der Waals surface area contributed by atoms with Gasteiger partial charge in [-0.05, 0) is 38.0 Å². The first-order valence-corrected chi connectivity index (χ1v) is 5.73. The van der Waals surface area contributed by atoms with Crippen LogP contribution in [0.4, 0.5) is 0 Å². The van der Waals surface area contributed by atoms with Gasteiger partial charge in [0, 0.05) is 6.61 Å². The van der Waals surface area contributed by atoms with E-state index in [0.717, 1.165) is 19.3 Å². The molecule has 2 aliphatic rings. The maximum Gasteiger partial charge on any atom is 0.309 e. The first kappa shape index (κ1) is 10.7. The Morgan fingerprint density at radius 3 is 2.87 bits per heavy atom. The lowest BCUT2D eigenvalue weighted by atomic mass is 9.81. The highest BCUT2D eigenvalue weighted by Gasteiger charge is 2.47. The highest BCUT2D eigenvalue weighted by atomic mass is 16.5. The molecular weight excluding hydrogens is 192 g/mol. The van der Waals surface area contributed by atoms with Crippen molar-refractivity contribution in [1.82, 2.24) is 0 Å². The second-order valence-corrected chi connectivity index (χ2v) is 4.46. The van der Waals surface area contributed by atoms with E-state index in [-0.39, 0.29) is 12.0 Å². The molecule has 1 saturated carbocycles. The van der Waals surface area contributed by atoms with Crippen LogP contribution in [-0.4, -0.2) is 23.8 Å². The Hall–Kier alpha value is -0.830. The minimum Gasteiger partial charge on any atom is -0.481 e. The molecule has 0 saturated heterocycles. The number of carbonyl (C=O) groups is 1. The third kappa shape index (κ3) is 1.93. The fourth-order valence-corrected chi connectivity index (χ4v) is 3.05. The Kier molecular flexibility index (Phi) is 3.10. The molecule has 3 nitrogen and oxygen atoms in total. The molecule has 3 heteroatoms. The summed E-state index contributed by atoms with van der Waals surface area (Å²) in [7, 11) is 0. The van der Waals surface area contributed by atoms with Crippen LogP contribution in [-0.2, 0) is 9.53 Å². The number of rotatable bonds is 3. The zero-order valence-electron chi connectivity index (χ0n) is 9.06. The first-order chi connectivity index (χ1) is 7.24. The topological polar surface area (TPSA) is 46.5 Å². The van der Waals surface area contributed by atoms with Gasteiger partial charge in [0.05, 0.1) is 12.0 Å². The van der Waals surface area contributed by atoms with E-state index in [1.807, 2.05) is 6.92 Å². The maximum atomic E-state index is 11.2. The van der Waals surface area contributed by atoms with Crippen molar-refractivity contribution >= 4 is 5.97 Å². The smallest absolute Gasteiger partial charge is 0.309 e. The van der Waals surface area contributed by atoms with Gasteiger partial charge < -0.3 is 9.84 Å². The fraction of sp³-hybridized carbons (Fsp3) is 0.750. The molecule has 0 radical (unpaired) electrons. The third-order valence-corrected chi connectivity index (χ3v) is 3.68. The van der Waals surface area contributed by atoms with Gasteiger partial charge in [0.2, 0.25) is 0 Å². The minimum absolute atomic E-state index is 0.0672. The zero-order valence-corrected chi connectivity index (χ0v) is 9.06. The predicted molar refractivity (Wildman–Crippen MR) is 56.5 cm³/mol. The van der Waals surface area contributed by atoms with Crippen LogP contribution in [0.2, 0.25) is 0 Å². The van der Waals surface area contributed by atoms with Crippen LogP contribution in [0.3, 0.4) is 0 Å².